The predicted molar refractivity (Wildman–Crippen MR) is 86.8 cm³/mol. The molecule has 1 unspecified atom stereocenters. The zero-order valence-electron chi connectivity index (χ0n) is 13.4. The summed E-state index contributed by atoms with van der Waals surface area (Å²) >= 11 is 0. The molecule has 0 radical (unpaired) electrons. The molecule has 118 valence electrons. The number of rotatable bonds is 5. The van der Waals surface area contributed by atoms with Gasteiger partial charge in [-0.3, -0.25) is 9.69 Å². The molecule has 2 rings (SSSR count). The molecule has 2 saturated carbocycles. The van der Waals surface area contributed by atoms with Crippen molar-refractivity contribution in [3.05, 3.63) is 0 Å². The van der Waals surface area contributed by atoms with Crippen molar-refractivity contribution in [1.82, 2.24) is 10.2 Å². The van der Waals surface area contributed by atoms with E-state index in [4.69, 9.17) is 6.42 Å². The lowest BCUT2D eigenvalue weighted by atomic mass is 9.82. The van der Waals surface area contributed by atoms with Gasteiger partial charge in [-0.2, -0.15) is 0 Å². The molecule has 0 aromatic carbocycles. The normalized spacial score (nSPS) is 22.7. The van der Waals surface area contributed by atoms with Crippen LogP contribution in [0.4, 0.5) is 0 Å². The first kappa shape index (κ1) is 16.4. The fourth-order valence-corrected chi connectivity index (χ4v) is 4.00. The Kier molecular flexibility index (Phi) is 6.57. The summed E-state index contributed by atoms with van der Waals surface area (Å²) in [5, 5.41) is 3.31. The molecule has 0 spiro atoms. The van der Waals surface area contributed by atoms with E-state index in [1.165, 1.54) is 38.5 Å². The van der Waals surface area contributed by atoms with Crippen molar-refractivity contribution < 1.29 is 4.79 Å². The van der Waals surface area contributed by atoms with E-state index in [1.54, 1.807) is 0 Å². The Bertz CT molecular complexity index is 362. The van der Waals surface area contributed by atoms with Crippen molar-refractivity contribution >= 4 is 5.91 Å². The second-order valence-corrected chi connectivity index (χ2v) is 6.81. The summed E-state index contributed by atoms with van der Waals surface area (Å²) in [6.45, 7) is 0.555. The zero-order chi connectivity index (χ0) is 15.1. The van der Waals surface area contributed by atoms with Crippen LogP contribution < -0.4 is 5.32 Å². The van der Waals surface area contributed by atoms with Gasteiger partial charge in [-0.15, -0.1) is 6.42 Å². The average molecular weight is 290 g/mol. The fourth-order valence-electron chi connectivity index (χ4n) is 4.00. The van der Waals surface area contributed by atoms with Crippen LogP contribution in [0.1, 0.15) is 64.2 Å². The van der Waals surface area contributed by atoms with Gasteiger partial charge in [-0.05, 0) is 38.6 Å². The van der Waals surface area contributed by atoms with Crippen LogP contribution in [0.3, 0.4) is 0 Å². The molecule has 3 heteroatoms. The summed E-state index contributed by atoms with van der Waals surface area (Å²) in [5.41, 5.74) is 0. The Morgan fingerprint density at radius 3 is 2.29 bits per heavy atom. The van der Waals surface area contributed by atoms with Gasteiger partial charge in [0.15, 0.2) is 0 Å². The molecular formula is C18H30N2O. The number of hydrogen-bond acceptors (Lipinski definition) is 2. The molecule has 0 aliphatic heterocycles. The van der Waals surface area contributed by atoms with Gasteiger partial charge in [-0.1, -0.05) is 44.4 Å². The maximum absolute atomic E-state index is 12.8. The van der Waals surface area contributed by atoms with Crippen LogP contribution in [0.2, 0.25) is 0 Å². The maximum atomic E-state index is 12.8. The molecule has 1 amide bonds. The summed E-state index contributed by atoms with van der Waals surface area (Å²) in [4.78, 5) is 14.9. The van der Waals surface area contributed by atoms with Gasteiger partial charge in [0, 0.05) is 6.04 Å². The molecule has 2 aliphatic carbocycles. The van der Waals surface area contributed by atoms with E-state index in [0.29, 0.717) is 18.5 Å². The van der Waals surface area contributed by atoms with Crippen LogP contribution >= 0.6 is 0 Å². The maximum Gasteiger partial charge on any atom is 0.237 e. The molecule has 0 aromatic heterocycles. The van der Waals surface area contributed by atoms with E-state index in [0.717, 1.165) is 25.7 Å². The monoisotopic (exact) mass is 290 g/mol. The first-order valence-electron chi connectivity index (χ1n) is 8.66. The van der Waals surface area contributed by atoms with Gasteiger partial charge in [0.25, 0.3) is 0 Å². The number of nitrogens with zero attached hydrogens (tertiary/aromatic N) is 1. The Morgan fingerprint density at radius 1 is 1.14 bits per heavy atom. The molecule has 21 heavy (non-hydrogen) atoms. The molecule has 3 nitrogen and oxygen atoms in total. The third-order valence-corrected chi connectivity index (χ3v) is 5.13. The Labute approximate surface area is 129 Å². The van der Waals surface area contributed by atoms with Crippen LogP contribution in [-0.4, -0.2) is 36.5 Å². The fraction of sp³-hybridized carbons (Fsp3) is 0.833. The lowest BCUT2D eigenvalue weighted by Crippen LogP contribution is -2.52. The molecule has 0 aromatic rings. The van der Waals surface area contributed by atoms with Gasteiger partial charge >= 0.3 is 0 Å². The summed E-state index contributed by atoms with van der Waals surface area (Å²) in [5.74, 6) is 3.38. The molecule has 1 N–H and O–H groups in total. The highest BCUT2D eigenvalue weighted by molar-refractivity contribution is 5.82. The number of hydrogen-bond donors (Lipinski definition) is 1. The summed E-state index contributed by atoms with van der Waals surface area (Å²) in [7, 11) is 2.00. The minimum Gasteiger partial charge on any atom is -0.352 e. The highest BCUT2D eigenvalue weighted by Crippen LogP contribution is 2.29. The van der Waals surface area contributed by atoms with E-state index >= 15 is 0 Å². The van der Waals surface area contributed by atoms with Crippen molar-refractivity contribution in [2.45, 2.75) is 76.3 Å². The van der Waals surface area contributed by atoms with E-state index < -0.39 is 0 Å². The molecule has 2 fully saturated rings. The van der Waals surface area contributed by atoms with Crippen molar-refractivity contribution in [2.24, 2.45) is 5.92 Å². The number of nitrogens with one attached hydrogen (secondary N) is 1. The lowest BCUT2D eigenvalue weighted by Gasteiger charge is -2.36. The summed E-state index contributed by atoms with van der Waals surface area (Å²) in [6, 6.07) is 0.347. The number of amides is 1. The Hall–Kier alpha value is -1.01. The van der Waals surface area contributed by atoms with Crippen molar-refractivity contribution in [3.63, 3.8) is 0 Å². The molecule has 1 atom stereocenters. The molecule has 0 saturated heterocycles. The minimum absolute atomic E-state index is 0.0386. The van der Waals surface area contributed by atoms with E-state index in [1.807, 2.05) is 7.05 Å². The SMILES string of the molecule is C#CCN(C)C(C(=O)NC1CCCCC1)C1CCCCC1. The number of terminal acetylenes is 1. The molecule has 2 aliphatic rings. The first-order chi connectivity index (χ1) is 10.2. The molecule has 0 bridgehead atoms. The summed E-state index contributed by atoms with van der Waals surface area (Å²) in [6.07, 6.45) is 17.7. The number of carbonyl (C=O) groups excluding carboxylic acids is 1. The van der Waals surface area contributed by atoms with Gasteiger partial charge in [-0.25, -0.2) is 0 Å². The largest absolute Gasteiger partial charge is 0.352 e. The highest BCUT2D eigenvalue weighted by atomic mass is 16.2. The van der Waals surface area contributed by atoms with Crippen molar-refractivity contribution in [1.29, 1.82) is 0 Å². The molecular weight excluding hydrogens is 260 g/mol. The van der Waals surface area contributed by atoms with Gasteiger partial charge < -0.3 is 5.32 Å². The second-order valence-electron chi connectivity index (χ2n) is 6.81. The third-order valence-electron chi connectivity index (χ3n) is 5.13. The first-order valence-corrected chi connectivity index (χ1v) is 8.66. The average Bonchev–Trinajstić information content (AvgIpc) is 2.50. The predicted octanol–water partition coefficient (Wildman–Crippen LogP) is 2.95. The van der Waals surface area contributed by atoms with Crippen LogP contribution in [0.25, 0.3) is 0 Å². The topological polar surface area (TPSA) is 32.3 Å². The van der Waals surface area contributed by atoms with Crippen LogP contribution in [0, 0.1) is 18.3 Å². The van der Waals surface area contributed by atoms with E-state index in [-0.39, 0.29) is 11.9 Å². The van der Waals surface area contributed by atoms with Gasteiger partial charge in [0.1, 0.15) is 0 Å². The van der Waals surface area contributed by atoms with Crippen molar-refractivity contribution in [3.8, 4) is 12.3 Å². The minimum atomic E-state index is -0.0386. The quantitative estimate of drug-likeness (QED) is 0.790. The van der Waals surface area contributed by atoms with Crippen LogP contribution in [0.5, 0.6) is 0 Å². The highest BCUT2D eigenvalue weighted by Gasteiger charge is 2.33. The number of carbonyl (C=O) groups is 1. The smallest absolute Gasteiger partial charge is 0.237 e. The molecule has 0 heterocycles. The summed E-state index contributed by atoms with van der Waals surface area (Å²) < 4.78 is 0. The van der Waals surface area contributed by atoms with Gasteiger partial charge in [0.05, 0.1) is 12.6 Å². The third kappa shape index (κ3) is 4.74. The van der Waals surface area contributed by atoms with Crippen LogP contribution in [-0.2, 0) is 4.79 Å². The number of likely N-dealkylation sites (N-methyl/N-ethyl adjacent to an activating group) is 1. The Morgan fingerprint density at radius 2 is 1.71 bits per heavy atom. The van der Waals surface area contributed by atoms with Gasteiger partial charge in [0.2, 0.25) is 5.91 Å². The standard InChI is InChI=1S/C18H30N2O/c1-3-14-20(2)17(15-10-6-4-7-11-15)18(21)19-16-12-8-5-9-13-16/h1,15-17H,4-14H2,2H3,(H,19,21). The second kappa shape index (κ2) is 8.44. The zero-order valence-corrected chi connectivity index (χ0v) is 13.4. The van der Waals surface area contributed by atoms with E-state index in [2.05, 4.69) is 16.1 Å². The van der Waals surface area contributed by atoms with E-state index in [9.17, 15) is 4.79 Å². The van der Waals surface area contributed by atoms with Crippen molar-refractivity contribution in [2.75, 3.05) is 13.6 Å². The Balaban J connectivity index is 1.98. The van der Waals surface area contributed by atoms with Crippen LogP contribution in [0.15, 0.2) is 0 Å². The lowest BCUT2D eigenvalue weighted by molar-refractivity contribution is -0.129.